The largest absolute Gasteiger partial charge is 0.433 e. The quantitative estimate of drug-likeness (QED) is 0.658. The van der Waals surface area contributed by atoms with Crippen LogP contribution in [0.2, 0.25) is 5.15 Å². The third-order valence-electron chi connectivity index (χ3n) is 1.86. The van der Waals surface area contributed by atoms with Crippen molar-refractivity contribution in [3.63, 3.8) is 0 Å². The fraction of sp³-hybridized carbons (Fsp3) is 0.286. The summed E-state index contributed by atoms with van der Waals surface area (Å²) in [6.07, 6.45) is -3.45. The van der Waals surface area contributed by atoms with Crippen molar-refractivity contribution >= 4 is 17.4 Å². The number of fused-ring (bicyclic) bond motifs is 1. The molecule has 0 amide bonds. The molecule has 2 aromatic heterocycles. The lowest BCUT2D eigenvalue weighted by molar-refractivity contribution is -0.141. The zero-order valence-electron chi connectivity index (χ0n) is 7.38. The van der Waals surface area contributed by atoms with Crippen LogP contribution in [0, 0.1) is 6.92 Å². The molecule has 0 spiro atoms. The summed E-state index contributed by atoms with van der Waals surface area (Å²) in [7, 11) is 0. The summed E-state index contributed by atoms with van der Waals surface area (Å²) in [5, 5.41) is 3.51. The second-order valence-electron chi connectivity index (χ2n) is 2.85. The van der Waals surface area contributed by atoms with Gasteiger partial charge in [-0.05, 0) is 6.92 Å². The van der Waals surface area contributed by atoms with Gasteiger partial charge in [-0.15, -0.1) is 0 Å². The summed E-state index contributed by atoms with van der Waals surface area (Å²) in [6, 6.07) is 0. The van der Waals surface area contributed by atoms with Crippen LogP contribution >= 0.6 is 11.6 Å². The maximum Gasteiger partial charge on any atom is 0.433 e. The van der Waals surface area contributed by atoms with Crippen LogP contribution in [0.25, 0.3) is 5.78 Å². The molecule has 2 heterocycles. The maximum absolute atomic E-state index is 12.5. The molecule has 0 fully saturated rings. The molecule has 2 aromatic rings. The van der Waals surface area contributed by atoms with Gasteiger partial charge in [-0.3, -0.25) is 0 Å². The number of halogens is 4. The number of aromatic nitrogens is 4. The molecule has 0 atom stereocenters. The predicted molar refractivity (Wildman–Crippen MR) is 45.5 cm³/mol. The summed E-state index contributed by atoms with van der Waals surface area (Å²) in [6.45, 7) is 1.24. The van der Waals surface area contributed by atoms with Crippen molar-refractivity contribution in [3.8, 4) is 0 Å². The van der Waals surface area contributed by atoms with Crippen LogP contribution in [0.15, 0.2) is 6.33 Å². The van der Waals surface area contributed by atoms with Gasteiger partial charge in [0, 0.05) is 5.56 Å². The average molecular weight is 237 g/mol. The van der Waals surface area contributed by atoms with Crippen molar-refractivity contribution < 1.29 is 13.2 Å². The van der Waals surface area contributed by atoms with Crippen LogP contribution in [-0.4, -0.2) is 19.6 Å². The first-order valence-corrected chi connectivity index (χ1v) is 4.22. The molecule has 0 saturated heterocycles. The molecular weight excluding hydrogens is 233 g/mol. The minimum absolute atomic E-state index is 0.134. The molecule has 0 aliphatic rings. The molecule has 80 valence electrons. The van der Waals surface area contributed by atoms with Gasteiger partial charge < -0.3 is 0 Å². The highest BCUT2D eigenvalue weighted by atomic mass is 35.5. The summed E-state index contributed by atoms with van der Waals surface area (Å²) in [5.41, 5.74) is -1.20. The molecule has 0 unspecified atom stereocenters. The van der Waals surface area contributed by atoms with E-state index in [2.05, 4.69) is 15.1 Å². The van der Waals surface area contributed by atoms with Crippen molar-refractivity contribution in [2.45, 2.75) is 13.1 Å². The summed E-state index contributed by atoms with van der Waals surface area (Å²) < 4.78 is 38.5. The lowest BCUT2D eigenvalue weighted by Crippen LogP contribution is -2.13. The minimum Gasteiger partial charge on any atom is -0.206 e. The topological polar surface area (TPSA) is 43.1 Å². The van der Waals surface area contributed by atoms with Crippen LogP contribution in [0.1, 0.15) is 11.3 Å². The van der Waals surface area contributed by atoms with Crippen LogP contribution < -0.4 is 0 Å². The summed E-state index contributed by atoms with van der Waals surface area (Å²) >= 11 is 5.70. The van der Waals surface area contributed by atoms with Crippen molar-refractivity contribution in [2.24, 2.45) is 0 Å². The zero-order valence-corrected chi connectivity index (χ0v) is 8.13. The number of nitrogens with zero attached hydrogens (tertiary/aromatic N) is 4. The van der Waals surface area contributed by atoms with Gasteiger partial charge in [0.25, 0.3) is 5.78 Å². The van der Waals surface area contributed by atoms with E-state index in [1.165, 1.54) is 6.92 Å². The van der Waals surface area contributed by atoms with Crippen LogP contribution in [0.4, 0.5) is 13.2 Å². The van der Waals surface area contributed by atoms with Crippen molar-refractivity contribution in [3.05, 3.63) is 22.7 Å². The monoisotopic (exact) mass is 236 g/mol. The normalized spacial score (nSPS) is 12.3. The van der Waals surface area contributed by atoms with E-state index in [9.17, 15) is 13.2 Å². The smallest absolute Gasteiger partial charge is 0.206 e. The fourth-order valence-corrected chi connectivity index (χ4v) is 1.38. The van der Waals surface area contributed by atoms with Gasteiger partial charge in [0.1, 0.15) is 11.5 Å². The lowest BCUT2D eigenvalue weighted by atomic mass is 10.2. The van der Waals surface area contributed by atoms with Crippen molar-refractivity contribution in [1.29, 1.82) is 0 Å². The Labute approximate surface area is 86.7 Å². The molecule has 15 heavy (non-hydrogen) atoms. The Kier molecular flexibility index (Phi) is 2.07. The van der Waals surface area contributed by atoms with E-state index < -0.39 is 11.9 Å². The molecule has 4 nitrogen and oxygen atoms in total. The van der Waals surface area contributed by atoms with E-state index in [-0.39, 0.29) is 16.5 Å². The van der Waals surface area contributed by atoms with Gasteiger partial charge in [-0.2, -0.15) is 27.8 Å². The van der Waals surface area contributed by atoms with E-state index >= 15 is 0 Å². The highest BCUT2D eigenvalue weighted by molar-refractivity contribution is 6.30. The summed E-state index contributed by atoms with van der Waals surface area (Å²) in [5.74, 6) is -0.169. The second-order valence-corrected chi connectivity index (χ2v) is 3.20. The molecule has 0 aliphatic carbocycles. The third-order valence-corrected chi connectivity index (χ3v) is 2.30. The van der Waals surface area contributed by atoms with Crippen LogP contribution in [0.3, 0.4) is 0 Å². The van der Waals surface area contributed by atoms with E-state index in [4.69, 9.17) is 11.6 Å². The Bertz CT molecular complexity index is 519. The van der Waals surface area contributed by atoms with Gasteiger partial charge in [-0.25, -0.2) is 4.98 Å². The fourth-order valence-electron chi connectivity index (χ4n) is 1.17. The Morgan fingerprint density at radius 2 is 2.07 bits per heavy atom. The highest BCUT2D eigenvalue weighted by Gasteiger charge is 2.36. The first-order valence-electron chi connectivity index (χ1n) is 3.84. The first-order chi connectivity index (χ1) is 6.91. The van der Waals surface area contributed by atoms with Gasteiger partial charge in [-0.1, -0.05) is 11.6 Å². The molecule has 0 N–H and O–H groups in total. The molecule has 0 bridgehead atoms. The molecule has 0 aromatic carbocycles. The number of hydrogen-bond donors (Lipinski definition) is 0. The predicted octanol–water partition coefficient (Wildman–Crippen LogP) is 2.10. The molecule has 0 radical (unpaired) electrons. The Hall–Kier alpha value is -1.37. The second kappa shape index (κ2) is 3.06. The zero-order chi connectivity index (χ0) is 11.2. The number of alkyl halides is 3. The molecule has 0 saturated carbocycles. The standard InChI is InChI=1S/C7H4ClF3N4/c1-3-4(7(9,10)11)14-6-12-2-13-15(6)5(3)8/h2H,1H3. The highest BCUT2D eigenvalue weighted by Crippen LogP contribution is 2.32. The Morgan fingerprint density at radius 1 is 1.40 bits per heavy atom. The number of hydrogen-bond acceptors (Lipinski definition) is 3. The summed E-state index contributed by atoms with van der Waals surface area (Å²) in [4.78, 5) is 6.90. The molecule has 2 rings (SSSR count). The van der Waals surface area contributed by atoms with Gasteiger partial charge in [0.15, 0.2) is 5.69 Å². The van der Waals surface area contributed by atoms with Crippen LogP contribution in [-0.2, 0) is 6.18 Å². The van der Waals surface area contributed by atoms with Gasteiger partial charge >= 0.3 is 6.18 Å². The van der Waals surface area contributed by atoms with Crippen molar-refractivity contribution in [1.82, 2.24) is 19.6 Å². The molecule has 8 heteroatoms. The minimum atomic E-state index is -4.54. The van der Waals surface area contributed by atoms with Crippen LogP contribution in [0.5, 0.6) is 0 Å². The number of rotatable bonds is 0. The molecule has 0 aliphatic heterocycles. The van der Waals surface area contributed by atoms with E-state index in [1.54, 1.807) is 0 Å². The average Bonchev–Trinajstić information content (AvgIpc) is 2.57. The van der Waals surface area contributed by atoms with Crippen molar-refractivity contribution in [2.75, 3.05) is 0 Å². The SMILES string of the molecule is Cc1c(C(F)(F)F)nc2ncnn2c1Cl. The maximum atomic E-state index is 12.5. The Morgan fingerprint density at radius 3 is 2.67 bits per heavy atom. The van der Waals surface area contributed by atoms with E-state index in [0.29, 0.717) is 0 Å². The van der Waals surface area contributed by atoms with E-state index in [0.717, 1.165) is 10.8 Å². The van der Waals surface area contributed by atoms with Gasteiger partial charge in [0.2, 0.25) is 0 Å². The molecular formula is C7H4ClF3N4. The van der Waals surface area contributed by atoms with Gasteiger partial charge in [0.05, 0.1) is 0 Å². The Balaban J connectivity index is 2.82. The lowest BCUT2D eigenvalue weighted by Gasteiger charge is -2.10. The first kappa shape index (κ1) is 10.2. The third kappa shape index (κ3) is 1.52. The van der Waals surface area contributed by atoms with E-state index in [1.807, 2.05) is 0 Å².